The van der Waals surface area contributed by atoms with Gasteiger partial charge in [-0.1, -0.05) is 12.1 Å². The molecule has 4 nitrogen and oxygen atoms in total. The Labute approximate surface area is 165 Å². The van der Waals surface area contributed by atoms with Crippen molar-refractivity contribution >= 4 is 22.4 Å². The van der Waals surface area contributed by atoms with Crippen LogP contribution in [0.2, 0.25) is 0 Å². The van der Waals surface area contributed by atoms with Crippen LogP contribution >= 0.6 is 0 Å². The Morgan fingerprint density at radius 3 is 2.24 bits per heavy atom. The maximum Gasteiger partial charge on any atom is 0.416 e. The molecule has 0 unspecified atom stereocenters. The second-order valence-corrected chi connectivity index (χ2v) is 6.63. The van der Waals surface area contributed by atoms with E-state index in [9.17, 15) is 22.8 Å². The molecule has 1 aromatic heterocycles. The number of carbonyl (C=O) groups is 1. The summed E-state index contributed by atoms with van der Waals surface area (Å²) in [4.78, 5) is 26.9. The van der Waals surface area contributed by atoms with Gasteiger partial charge in [-0.2, -0.15) is 13.2 Å². The van der Waals surface area contributed by atoms with Gasteiger partial charge >= 0.3 is 11.8 Å². The summed E-state index contributed by atoms with van der Waals surface area (Å²) in [6, 6.07) is 11.0. The molecule has 0 aliphatic carbocycles. The fourth-order valence-electron chi connectivity index (χ4n) is 3.17. The fraction of sp³-hybridized carbons (Fsp3) is 0.273. The molecule has 29 heavy (non-hydrogen) atoms. The average molecular weight is 403 g/mol. The average Bonchev–Trinajstić information content (AvgIpc) is 2.69. The number of fused-ring (bicyclic) bond motifs is 1. The van der Waals surface area contributed by atoms with Crippen LogP contribution in [0.1, 0.15) is 35.3 Å². The van der Waals surface area contributed by atoms with E-state index in [1.807, 2.05) is 26.0 Å². The van der Waals surface area contributed by atoms with Crippen molar-refractivity contribution in [3.05, 3.63) is 75.6 Å². The molecule has 0 saturated carbocycles. The molecular formula is C22H20F3NO3. The smallest absolute Gasteiger partial charge is 0.416 e. The Hall–Kier alpha value is -3.09. The molecule has 1 heterocycles. The molecule has 0 aliphatic rings. The third kappa shape index (κ3) is 4.50. The molecule has 0 amide bonds. The van der Waals surface area contributed by atoms with Crippen LogP contribution in [0.25, 0.3) is 11.0 Å². The van der Waals surface area contributed by atoms with Crippen LogP contribution in [0.15, 0.2) is 57.7 Å². The third-order valence-corrected chi connectivity index (χ3v) is 4.81. The van der Waals surface area contributed by atoms with Crippen molar-refractivity contribution in [1.29, 1.82) is 0 Å². The lowest BCUT2D eigenvalue weighted by molar-refractivity contribution is -0.137. The first kappa shape index (κ1) is 20.6. The van der Waals surface area contributed by atoms with Gasteiger partial charge in [0.25, 0.3) is 0 Å². The SMILES string of the molecule is CCN(CC)c1ccc2cc(CC(=O)c3ccc(C(F)(F)F)cc3)c(=O)oc2c1. The molecule has 2 aromatic carbocycles. The number of hydrogen-bond donors (Lipinski definition) is 0. The number of nitrogens with zero attached hydrogens (tertiary/aromatic N) is 1. The van der Waals surface area contributed by atoms with Crippen molar-refractivity contribution in [3.8, 4) is 0 Å². The number of Topliss-reactive ketones (excluding diaryl/α,β-unsaturated/α-hetero) is 1. The summed E-state index contributed by atoms with van der Waals surface area (Å²) < 4.78 is 43.3. The first-order chi connectivity index (χ1) is 13.7. The summed E-state index contributed by atoms with van der Waals surface area (Å²) in [5.41, 5.74) is 0.162. The van der Waals surface area contributed by atoms with Crippen LogP contribution in [0.5, 0.6) is 0 Å². The van der Waals surface area contributed by atoms with E-state index in [4.69, 9.17) is 4.42 Å². The zero-order valence-electron chi connectivity index (χ0n) is 16.0. The summed E-state index contributed by atoms with van der Waals surface area (Å²) in [6.07, 6.45) is -4.72. The highest BCUT2D eigenvalue weighted by Gasteiger charge is 2.30. The van der Waals surface area contributed by atoms with Crippen LogP contribution in [0.4, 0.5) is 18.9 Å². The van der Waals surface area contributed by atoms with Gasteiger partial charge in [0, 0.05) is 47.8 Å². The molecule has 0 spiro atoms. The Bertz CT molecular complexity index is 1080. The van der Waals surface area contributed by atoms with Crippen LogP contribution < -0.4 is 10.5 Å². The molecule has 0 N–H and O–H groups in total. The molecule has 7 heteroatoms. The van der Waals surface area contributed by atoms with Gasteiger partial charge in [-0.3, -0.25) is 4.79 Å². The van der Waals surface area contributed by atoms with Crippen molar-refractivity contribution < 1.29 is 22.4 Å². The van der Waals surface area contributed by atoms with Crippen molar-refractivity contribution in [3.63, 3.8) is 0 Å². The maximum atomic E-state index is 12.7. The van der Waals surface area contributed by atoms with Crippen LogP contribution in [-0.4, -0.2) is 18.9 Å². The molecule has 0 bridgehead atoms. The van der Waals surface area contributed by atoms with E-state index in [1.165, 1.54) is 0 Å². The number of halogens is 3. The number of hydrogen-bond acceptors (Lipinski definition) is 4. The lowest BCUT2D eigenvalue weighted by atomic mass is 10.0. The highest BCUT2D eigenvalue weighted by Crippen LogP contribution is 2.29. The molecule has 3 rings (SSSR count). The van der Waals surface area contributed by atoms with E-state index in [-0.39, 0.29) is 17.5 Å². The molecule has 3 aromatic rings. The highest BCUT2D eigenvalue weighted by molar-refractivity contribution is 5.97. The normalized spacial score (nSPS) is 11.6. The van der Waals surface area contributed by atoms with Gasteiger partial charge in [0.1, 0.15) is 5.58 Å². The zero-order chi connectivity index (χ0) is 21.2. The summed E-state index contributed by atoms with van der Waals surface area (Å²) in [7, 11) is 0. The zero-order valence-corrected chi connectivity index (χ0v) is 16.0. The Morgan fingerprint density at radius 1 is 1.00 bits per heavy atom. The van der Waals surface area contributed by atoms with Gasteiger partial charge in [0.05, 0.1) is 5.56 Å². The van der Waals surface area contributed by atoms with Crippen LogP contribution in [0, 0.1) is 0 Å². The minimum Gasteiger partial charge on any atom is -0.422 e. The maximum absolute atomic E-state index is 12.7. The minimum atomic E-state index is -4.47. The van der Waals surface area contributed by atoms with E-state index in [1.54, 1.807) is 12.1 Å². The molecule has 0 atom stereocenters. The van der Waals surface area contributed by atoms with Gasteiger partial charge in [-0.25, -0.2) is 4.79 Å². The molecular weight excluding hydrogens is 383 g/mol. The van der Waals surface area contributed by atoms with E-state index in [0.29, 0.717) is 11.0 Å². The van der Waals surface area contributed by atoms with Crippen molar-refractivity contribution in [1.82, 2.24) is 0 Å². The predicted octanol–water partition coefficient (Wildman–Crippen LogP) is 5.08. The van der Waals surface area contributed by atoms with E-state index in [0.717, 1.165) is 43.0 Å². The molecule has 0 radical (unpaired) electrons. The first-order valence-corrected chi connectivity index (χ1v) is 9.25. The Kier molecular flexibility index (Phi) is 5.77. The Morgan fingerprint density at radius 2 is 1.66 bits per heavy atom. The van der Waals surface area contributed by atoms with E-state index < -0.39 is 23.1 Å². The predicted molar refractivity (Wildman–Crippen MR) is 106 cm³/mol. The summed E-state index contributed by atoms with van der Waals surface area (Å²) in [5, 5.41) is 0.677. The number of ketones is 1. The first-order valence-electron chi connectivity index (χ1n) is 9.25. The third-order valence-electron chi connectivity index (χ3n) is 4.81. The summed E-state index contributed by atoms with van der Waals surface area (Å²) in [6.45, 7) is 5.68. The topological polar surface area (TPSA) is 50.5 Å². The van der Waals surface area contributed by atoms with Gasteiger partial charge < -0.3 is 9.32 Å². The van der Waals surface area contributed by atoms with E-state index in [2.05, 4.69) is 4.90 Å². The fourth-order valence-corrected chi connectivity index (χ4v) is 3.17. The largest absolute Gasteiger partial charge is 0.422 e. The highest BCUT2D eigenvalue weighted by atomic mass is 19.4. The van der Waals surface area contributed by atoms with Crippen molar-refractivity contribution in [2.24, 2.45) is 0 Å². The quantitative estimate of drug-likeness (QED) is 0.425. The van der Waals surface area contributed by atoms with Gasteiger partial charge in [-0.05, 0) is 44.2 Å². The summed E-state index contributed by atoms with van der Waals surface area (Å²) in [5.74, 6) is -0.454. The number of carbonyl (C=O) groups excluding carboxylic acids is 1. The van der Waals surface area contributed by atoms with Gasteiger partial charge in [-0.15, -0.1) is 0 Å². The second kappa shape index (κ2) is 8.11. The second-order valence-electron chi connectivity index (χ2n) is 6.63. The number of rotatable bonds is 6. The van der Waals surface area contributed by atoms with E-state index >= 15 is 0 Å². The summed E-state index contributed by atoms with van der Waals surface area (Å²) >= 11 is 0. The number of anilines is 1. The molecule has 152 valence electrons. The lowest BCUT2D eigenvalue weighted by Crippen LogP contribution is -2.21. The van der Waals surface area contributed by atoms with Gasteiger partial charge in [0.15, 0.2) is 5.78 Å². The minimum absolute atomic E-state index is 0.106. The van der Waals surface area contributed by atoms with Crippen molar-refractivity contribution in [2.75, 3.05) is 18.0 Å². The number of benzene rings is 2. The molecule has 0 aliphatic heterocycles. The van der Waals surface area contributed by atoms with Crippen LogP contribution in [0.3, 0.4) is 0 Å². The van der Waals surface area contributed by atoms with Crippen molar-refractivity contribution in [2.45, 2.75) is 26.4 Å². The molecule has 0 saturated heterocycles. The van der Waals surface area contributed by atoms with Crippen LogP contribution in [-0.2, 0) is 12.6 Å². The number of alkyl halides is 3. The standard InChI is InChI=1S/C22H20F3NO3/c1-3-26(4-2)18-10-7-15-11-16(21(28)29-20(15)13-18)12-19(27)14-5-8-17(9-6-14)22(23,24)25/h5-11,13H,3-4,12H2,1-2H3. The molecule has 0 fully saturated rings. The van der Waals surface area contributed by atoms with Gasteiger partial charge in [0.2, 0.25) is 0 Å². The Balaban J connectivity index is 1.86. The monoisotopic (exact) mass is 403 g/mol. The lowest BCUT2D eigenvalue weighted by Gasteiger charge is -2.21.